The Morgan fingerprint density at radius 1 is 1.24 bits per heavy atom. The molecule has 1 unspecified atom stereocenters. The van der Waals surface area contributed by atoms with Gasteiger partial charge in [-0.15, -0.1) is 0 Å². The van der Waals surface area contributed by atoms with Crippen LogP contribution in [0.5, 0.6) is 11.5 Å². The van der Waals surface area contributed by atoms with Crippen molar-refractivity contribution in [2.24, 2.45) is 10.9 Å². The summed E-state index contributed by atoms with van der Waals surface area (Å²) in [5.74, 6) is 0.756. The average molecular weight is 377 g/mol. The Morgan fingerprint density at radius 2 is 2.00 bits per heavy atom. The van der Waals surface area contributed by atoms with E-state index in [1.807, 2.05) is 18.2 Å². The summed E-state index contributed by atoms with van der Waals surface area (Å²) in [6, 6.07) is 5.67. The SMILES string of the molecule is COc1ccc(CCN2C(=O)C3C=C(Cl)C=CC3=NC2=S)cc1OC. The number of ether oxygens (including phenoxy) is 2. The molecule has 0 radical (unpaired) electrons. The second kappa shape index (κ2) is 7.37. The third-order valence-electron chi connectivity index (χ3n) is 4.12. The van der Waals surface area contributed by atoms with Gasteiger partial charge in [0.25, 0.3) is 0 Å². The number of hydrogen-bond donors (Lipinski definition) is 0. The largest absolute Gasteiger partial charge is 0.493 e. The molecule has 0 saturated carbocycles. The molecular weight excluding hydrogens is 360 g/mol. The molecule has 1 aromatic rings. The van der Waals surface area contributed by atoms with Gasteiger partial charge < -0.3 is 9.47 Å². The van der Waals surface area contributed by atoms with Crippen LogP contribution in [0.15, 0.2) is 46.5 Å². The highest BCUT2D eigenvalue weighted by atomic mass is 35.5. The summed E-state index contributed by atoms with van der Waals surface area (Å²) in [7, 11) is 3.18. The van der Waals surface area contributed by atoms with Gasteiger partial charge in [-0.05, 0) is 54.6 Å². The van der Waals surface area contributed by atoms with Gasteiger partial charge in [0.05, 0.1) is 19.9 Å². The first-order valence-electron chi connectivity index (χ1n) is 7.73. The van der Waals surface area contributed by atoms with Crippen molar-refractivity contribution in [1.29, 1.82) is 0 Å². The highest BCUT2D eigenvalue weighted by molar-refractivity contribution is 7.80. The zero-order valence-corrected chi connectivity index (χ0v) is 15.4. The number of allylic oxidation sites excluding steroid dienone is 3. The van der Waals surface area contributed by atoms with Gasteiger partial charge in [0.15, 0.2) is 11.5 Å². The molecule has 0 bridgehead atoms. The first-order chi connectivity index (χ1) is 12.0. The van der Waals surface area contributed by atoms with Gasteiger partial charge in [-0.1, -0.05) is 17.7 Å². The predicted octanol–water partition coefficient (Wildman–Crippen LogP) is 3.12. The molecule has 130 valence electrons. The fourth-order valence-electron chi connectivity index (χ4n) is 2.79. The first kappa shape index (κ1) is 17.6. The van der Waals surface area contributed by atoms with Crippen LogP contribution < -0.4 is 9.47 Å². The minimum absolute atomic E-state index is 0.0991. The molecule has 25 heavy (non-hydrogen) atoms. The van der Waals surface area contributed by atoms with E-state index in [4.69, 9.17) is 33.3 Å². The quantitative estimate of drug-likeness (QED) is 0.741. The van der Waals surface area contributed by atoms with Crippen LogP contribution >= 0.6 is 23.8 Å². The average Bonchev–Trinajstić information content (AvgIpc) is 2.62. The van der Waals surface area contributed by atoms with E-state index in [2.05, 4.69) is 4.99 Å². The predicted molar refractivity (Wildman–Crippen MR) is 102 cm³/mol. The number of amides is 1. The van der Waals surface area contributed by atoms with E-state index in [0.717, 1.165) is 5.56 Å². The van der Waals surface area contributed by atoms with Gasteiger partial charge in [-0.2, -0.15) is 0 Å². The minimum Gasteiger partial charge on any atom is -0.493 e. The number of rotatable bonds is 5. The van der Waals surface area contributed by atoms with E-state index in [-0.39, 0.29) is 11.0 Å². The molecule has 1 aliphatic carbocycles. The zero-order chi connectivity index (χ0) is 18.0. The van der Waals surface area contributed by atoms with Crippen LogP contribution in [-0.2, 0) is 11.2 Å². The Labute approximate surface area is 156 Å². The van der Waals surface area contributed by atoms with Crippen molar-refractivity contribution in [2.75, 3.05) is 20.8 Å². The van der Waals surface area contributed by atoms with Crippen LogP contribution in [-0.4, -0.2) is 42.4 Å². The summed E-state index contributed by atoms with van der Waals surface area (Å²) in [5.41, 5.74) is 1.65. The van der Waals surface area contributed by atoms with Crippen molar-refractivity contribution in [2.45, 2.75) is 6.42 Å². The molecule has 1 atom stereocenters. The lowest BCUT2D eigenvalue weighted by molar-refractivity contribution is -0.128. The van der Waals surface area contributed by atoms with Crippen LogP contribution in [0, 0.1) is 5.92 Å². The fraction of sp³-hybridized carbons (Fsp3) is 0.278. The highest BCUT2D eigenvalue weighted by Gasteiger charge is 2.34. The molecule has 3 rings (SSSR count). The zero-order valence-electron chi connectivity index (χ0n) is 13.9. The summed E-state index contributed by atoms with van der Waals surface area (Å²) in [4.78, 5) is 18.6. The number of benzene rings is 1. The number of methoxy groups -OCH3 is 2. The van der Waals surface area contributed by atoms with E-state index < -0.39 is 5.92 Å². The summed E-state index contributed by atoms with van der Waals surface area (Å²) in [6.07, 6.45) is 5.78. The van der Waals surface area contributed by atoms with Gasteiger partial charge in [0, 0.05) is 11.6 Å². The normalized spacial score (nSPS) is 19.3. The van der Waals surface area contributed by atoms with Gasteiger partial charge in [0.2, 0.25) is 11.0 Å². The van der Waals surface area contributed by atoms with Crippen LogP contribution in [0.2, 0.25) is 0 Å². The molecule has 0 N–H and O–H groups in total. The van der Waals surface area contributed by atoms with Crippen molar-refractivity contribution in [3.8, 4) is 11.5 Å². The molecule has 1 aliphatic heterocycles. The smallest absolute Gasteiger partial charge is 0.241 e. The monoisotopic (exact) mass is 376 g/mol. The van der Waals surface area contributed by atoms with E-state index >= 15 is 0 Å². The van der Waals surface area contributed by atoms with Crippen molar-refractivity contribution < 1.29 is 14.3 Å². The highest BCUT2D eigenvalue weighted by Crippen LogP contribution is 2.28. The first-order valence-corrected chi connectivity index (χ1v) is 8.52. The molecule has 1 heterocycles. The summed E-state index contributed by atoms with van der Waals surface area (Å²) in [6.45, 7) is 0.440. The lowest BCUT2D eigenvalue weighted by atomic mass is 9.95. The molecule has 0 fully saturated rings. The molecule has 1 amide bonds. The van der Waals surface area contributed by atoms with Crippen molar-refractivity contribution in [3.05, 3.63) is 47.0 Å². The Bertz CT molecular complexity index is 817. The Hall–Kier alpha value is -2.18. The number of carbonyl (C=O) groups excluding carboxylic acids is 1. The van der Waals surface area contributed by atoms with Crippen LogP contribution in [0.3, 0.4) is 0 Å². The number of hydrogen-bond acceptors (Lipinski definition) is 4. The maximum absolute atomic E-state index is 12.7. The number of fused-ring (bicyclic) bond motifs is 1. The maximum atomic E-state index is 12.7. The van der Waals surface area contributed by atoms with Crippen molar-refractivity contribution in [3.63, 3.8) is 0 Å². The number of thiocarbonyl (C=S) groups is 1. The standard InChI is InChI=1S/C18H17ClN2O3S/c1-23-15-6-3-11(9-16(15)24-2)7-8-21-17(22)13-10-12(19)4-5-14(13)20-18(21)25/h3-6,9-10,13H,7-8H2,1-2H3. The Morgan fingerprint density at radius 3 is 2.72 bits per heavy atom. The number of aliphatic imine (C=N–C) groups is 1. The Kier molecular flexibility index (Phi) is 5.20. The Balaban J connectivity index is 1.75. The topological polar surface area (TPSA) is 51.1 Å². The van der Waals surface area contributed by atoms with Crippen molar-refractivity contribution >= 4 is 40.6 Å². The van der Waals surface area contributed by atoms with E-state index in [0.29, 0.717) is 35.2 Å². The molecule has 1 aromatic carbocycles. The molecule has 2 aliphatic rings. The van der Waals surface area contributed by atoms with Gasteiger partial charge in [0.1, 0.15) is 5.92 Å². The van der Waals surface area contributed by atoms with E-state index in [1.165, 1.54) is 4.90 Å². The third kappa shape index (κ3) is 3.60. The van der Waals surface area contributed by atoms with Crippen LogP contribution in [0.1, 0.15) is 5.56 Å². The lowest BCUT2D eigenvalue weighted by Crippen LogP contribution is -2.46. The number of halogens is 1. The summed E-state index contributed by atoms with van der Waals surface area (Å²) >= 11 is 11.3. The van der Waals surface area contributed by atoms with Crippen LogP contribution in [0.4, 0.5) is 0 Å². The molecule has 5 nitrogen and oxygen atoms in total. The number of nitrogens with zero attached hydrogens (tertiary/aromatic N) is 2. The van der Waals surface area contributed by atoms with Gasteiger partial charge in [-0.3, -0.25) is 9.69 Å². The third-order valence-corrected chi connectivity index (χ3v) is 4.68. The maximum Gasteiger partial charge on any atom is 0.241 e. The molecule has 7 heteroatoms. The molecule has 0 aromatic heterocycles. The second-order valence-corrected chi connectivity index (χ2v) is 6.41. The van der Waals surface area contributed by atoms with Crippen molar-refractivity contribution in [1.82, 2.24) is 4.90 Å². The minimum atomic E-state index is -0.463. The molecule has 0 spiro atoms. The van der Waals surface area contributed by atoms with E-state index in [9.17, 15) is 4.79 Å². The molecule has 0 saturated heterocycles. The van der Waals surface area contributed by atoms with E-state index in [1.54, 1.807) is 32.4 Å². The summed E-state index contributed by atoms with van der Waals surface area (Å²) < 4.78 is 10.5. The number of carbonyl (C=O) groups is 1. The lowest BCUT2D eigenvalue weighted by Gasteiger charge is -2.30. The molecular formula is C18H17ClN2O3S. The fourth-order valence-corrected chi connectivity index (χ4v) is 3.26. The summed E-state index contributed by atoms with van der Waals surface area (Å²) in [5, 5.41) is 0.817. The van der Waals surface area contributed by atoms with Gasteiger partial charge in [-0.25, -0.2) is 4.99 Å². The van der Waals surface area contributed by atoms with Crippen LogP contribution in [0.25, 0.3) is 0 Å². The van der Waals surface area contributed by atoms with Gasteiger partial charge >= 0.3 is 0 Å². The second-order valence-electron chi connectivity index (χ2n) is 5.61.